The average Bonchev–Trinajstić information content (AvgIpc) is 2.84. The molecule has 1 amide bonds. The van der Waals surface area contributed by atoms with Gasteiger partial charge in [0.05, 0.1) is 6.07 Å². The van der Waals surface area contributed by atoms with Gasteiger partial charge in [-0.1, -0.05) is 6.92 Å². The van der Waals surface area contributed by atoms with Gasteiger partial charge in [0.25, 0.3) is 0 Å². The molecule has 0 aromatic rings. The lowest BCUT2D eigenvalue weighted by Gasteiger charge is -2.11. The highest BCUT2D eigenvalue weighted by molar-refractivity contribution is 5.82. The van der Waals surface area contributed by atoms with Crippen molar-refractivity contribution >= 4 is 5.91 Å². The lowest BCUT2D eigenvalue weighted by molar-refractivity contribution is -0.130. The number of carbonyl (C=O) groups is 1. The second kappa shape index (κ2) is 3.11. The van der Waals surface area contributed by atoms with E-state index in [1.54, 1.807) is 6.92 Å². The molecule has 0 aromatic carbocycles. The SMILES string of the molecule is CCC(O)C(=O)NC1(C#N)CC1. The largest absolute Gasteiger partial charge is 0.383 e. The van der Waals surface area contributed by atoms with Gasteiger partial charge in [-0.3, -0.25) is 4.79 Å². The van der Waals surface area contributed by atoms with Gasteiger partial charge in [0.1, 0.15) is 11.6 Å². The average molecular weight is 168 g/mol. The number of nitriles is 1. The van der Waals surface area contributed by atoms with E-state index in [0.717, 1.165) is 0 Å². The third kappa shape index (κ3) is 1.74. The molecule has 12 heavy (non-hydrogen) atoms. The number of aliphatic hydroxyl groups excluding tert-OH is 1. The molecule has 0 heterocycles. The van der Waals surface area contributed by atoms with Gasteiger partial charge in [0.15, 0.2) is 0 Å². The van der Waals surface area contributed by atoms with Crippen molar-refractivity contribution in [1.29, 1.82) is 5.26 Å². The standard InChI is InChI=1S/C8H12N2O2/c1-2-6(11)7(12)10-8(5-9)3-4-8/h6,11H,2-4H2,1H3,(H,10,12). The van der Waals surface area contributed by atoms with Gasteiger partial charge in [-0.15, -0.1) is 0 Å². The zero-order valence-corrected chi connectivity index (χ0v) is 7.00. The summed E-state index contributed by atoms with van der Waals surface area (Å²) in [5.41, 5.74) is -0.659. The molecule has 1 fully saturated rings. The van der Waals surface area contributed by atoms with E-state index in [4.69, 9.17) is 10.4 Å². The van der Waals surface area contributed by atoms with Crippen molar-refractivity contribution in [2.75, 3.05) is 0 Å². The monoisotopic (exact) mass is 168 g/mol. The summed E-state index contributed by atoms with van der Waals surface area (Å²) in [4.78, 5) is 11.1. The molecule has 1 unspecified atom stereocenters. The molecule has 0 aromatic heterocycles. The van der Waals surface area contributed by atoms with Crippen molar-refractivity contribution in [2.45, 2.75) is 37.8 Å². The Bertz CT molecular complexity index is 228. The lowest BCUT2D eigenvalue weighted by Crippen LogP contribution is -2.41. The van der Waals surface area contributed by atoms with E-state index in [0.29, 0.717) is 19.3 Å². The van der Waals surface area contributed by atoms with Gasteiger partial charge in [-0.05, 0) is 19.3 Å². The normalized spacial score (nSPS) is 20.8. The molecule has 0 aliphatic heterocycles. The van der Waals surface area contributed by atoms with E-state index in [-0.39, 0.29) is 0 Å². The number of nitrogens with one attached hydrogen (secondary N) is 1. The van der Waals surface area contributed by atoms with Crippen molar-refractivity contribution in [3.05, 3.63) is 0 Å². The molecule has 66 valence electrons. The van der Waals surface area contributed by atoms with Crippen molar-refractivity contribution in [2.24, 2.45) is 0 Å². The Labute approximate surface area is 71.2 Å². The molecular formula is C8H12N2O2. The van der Waals surface area contributed by atoms with Crippen molar-refractivity contribution in [3.63, 3.8) is 0 Å². The van der Waals surface area contributed by atoms with E-state index < -0.39 is 17.6 Å². The topological polar surface area (TPSA) is 73.1 Å². The Morgan fingerprint density at radius 3 is 2.75 bits per heavy atom. The number of hydrogen-bond donors (Lipinski definition) is 2. The van der Waals surface area contributed by atoms with Gasteiger partial charge in [-0.2, -0.15) is 5.26 Å². The molecule has 1 aliphatic rings. The van der Waals surface area contributed by atoms with Crippen LogP contribution in [0, 0.1) is 11.3 Å². The number of rotatable bonds is 3. The summed E-state index contributed by atoms with van der Waals surface area (Å²) in [6.07, 6.45) is 0.806. The molecule has 0 saturated heterocycles. The van der Waals surface area contributed by atoms with Crippen molar-refractivity contribution in [1.82, 2.24) is 5.32 Å². The van der Waals surface area contributed by atoms with Gasteiger partial charge in [0, 0.05) is 0 Å². The van der Waals surface area contributed by atoms with E-state index in [1.165, 1.54) is 0 Å². The fourth-order valence-electron chi connectivity index (χ4n) is 0.894. The fraction of sp³-hybridized carbons (Fsp3) is 0.750. The highest BCUT2D eigenvalue weighted by Crippen LogP contribution is 2.34. The van der Waals surface area contributed by atoms with Crippen LogP contribution in [0.4, 0.5) is 0 Å². The van der Waals surface area contributed by atoms with E-state index in [9.17, 15) is 4.79 Å². The summed E-state index contributed by atoms with van der Waals surface area (Å²) in [6, 6.07) is 2.02. The highest BCUT2D eigenvalue weighted by Gasteiger charge is 2.45. The first-order valence-electron chi connectivity index (χ1n) is 4.05. The van der Waals surface area contributed by atoms with Crippen LogP contribution >= 0.6 is 0 Å². The van der Waals surface area contributed by atoms with Crippen LogP contribution < -0.4 is 5.32 Å². The summed E-state index contributed by atoms with van der Waals surface area (Å²) >= 11 is 0. The van der Waals surface area contributed by atoms with Gasteiger partial charge < -0.3 is 10.4 Å². The summed E-state index contributed by atoms with van der Waals surface area (Å²) in [5.74, 6) is -0.434. The smallest absolute Gasteiger partial charge is 0.250 e. The van der Waals surface area contributed by atoms with Gasteiger partial charge >= 0.3 is 0 Å². The van der Waals surface area contributed by atoms with E-state index in [1.807, 2.05) is 6.07 Å². The van der Waals surface area contributed by atoms with Crippen LogP contribution in [0.25, 0.3) is 0 Å². The first kappa shape index (κ1) is 9.01. The van der Waals surface area contributed by atoms with Crippen LogP contribution in [-0.4, -0.2) is 22.7 Å². The second-order valence-corrected chi connectivity index (χ2v) is 3.11. The molecule has 0 radical (unpaired) electrons. The minimum Gasteiger partial charge on any atom is -0.383 e. The molecule has 0 bridgehead atoms. The second-order valence-electron chi connectivity index (χ2n) is 3.11. The number of hydrogen-bond acceptors (Lipinski definition) is 3. The summed E-state index contributed by atoms with van der Waals surface area (Å²) in [7, 11) is 0. The number of nitrogens with zero attached hydrogens (tertiary/aromatic N) is 1. The molecule has 4 nitrogen and oxygen atoms in total. The van der Waals surface area contributed by atoms with Crippen molar-refractivity contribution in [3.8, 4) is 6.07 Å². The number of amides is 1. The lowest BCUT2D eigenvalue weighted by atomic mass is 10.2. The Hall–Kier alpha value is -1.08. The molecule has 4 heteroatoms. The quantitative estimate of drug-likeness (QED) is 0.619. The third-order valence-corrected chi connectivity index (χ3v) is 2.02. The molecule has 2 N–H and O–H groups in total. The minimum absolute atomic E-state index is 0.382. The van der Waals surface area contributed by atoms with Crippen LogP contribution in [0.15, 0.2) is 0 Å². The molecule has 1 rings (SSSR count). The maximum Gasteiger partial charge on any atom is 0.250 e. The minimum atomic E-state index is -0.976. The van der Waals surface area contributed by atoms with Gasteiger partial charge in [0.2, 0.25) is 5.91 Å². The van der Waals surface area contributed by atoms with Gasteiger partial charge in [-0.25, -0.2) is 0 Å². The Kier molecular flexibility index (Phi) is 2.34. The molecule has 0 spiro atoms. The number of carbonyl (C=O) groups excluding carboxylic acids is 1. The first-order chi connectivity index (χ1) is 5.63. The fourth-order valence-corrected chi connectivity index (χ4v) is 0.894. The molecule has 1 aliphatic carbocycles. The van der Waals surface area contributed by atoms with Crippen LogP contribution in [-0.2, 0) is 4.79 Å². The number of aliphatic hydroxyl groups is 1. The summed E-state index contributed by atoms with van der Waals surface area (Å²) in [6.45, 7) is 1.72. The third-order valence-electron chi connectivity index (χ3n) is 2.02. The van der Waals surface area contributed by atoms with Crippen LogP contribution in [0.5, 0.6) is 0 Å². The predicted molar refractivity (Wildman–Crippen MR) is 42.0 cm³/mol. The van der Waals surface area contributed by atoms with Crippen molar-refractivity contribution < 1.29 is 9.90 Å². The maximum atomic E-state index is 11.1. The molecular weight excluding hydrogens is 156 g/mol. The predicted octanol–water partition coefficient (Wildman–Crippen LogP) is -0.0703. The van der Waals surface area contributed by atoms with Crippen LogP contribution in [0.1, 0.15) is 26.2 Å². The summed E-state index contributed by atoms with van der Waals surface area (Å²) in [5, 5.41) is 20.2. The Morgan fingerprint density at radius 2 is 2.42 bits per heavy atom. The van der Waals surface area contributed by atoms with Crippen LogP contribution in [0.2, 0.25) is 0 Å². The maximum absolute atomic E-state index is 11.1. The first-order valence-corrected chi connectivity index (χ1v) is 4.05. The zero-order chi connectivity index (χ0) is 9.19. The van der Waals surface area contributed by atoms with E-state index >= 15 is 0 Å². The Balaban J connectivity index is 2.42. The molecule has 1 saturated carbocycles. The molecule has 1 atom stereocenters. The zero-order valence-electron chi connectivity index (χ0n) is 7.00. The van der Waals surface area contributed by atoms with Crippen LogP contribution in [0.3, 0.4) is 0 Å². The van der Waals surface area contributed by atoms with E-state index in [2.05, 4.69) is 5.32 Å². The highest BCUT2D eigenvalue weighted by atomic mass is 16.3. The Morgan fingerprint density at radius 1 is 1.83 bits per heavy atom. The summed E-state index contributed by atoms with van der Waals surface area (Å²) < 4.78 is 0.